The summed E-state index contributed by atoms with van der Waals surface area (Å²) in [6.07, 6.45) is -0.734. The summed E-state index contributed by atoms with van der Waals surface area (Å²) in [6.45, 7) is 3.23. The zero-order valence-corrected chi connectivity index (χ0v) is 6.49. The fraction of sp³-hybridized carbons (Fsp3) is 1.00. The van der Waals surface area contributed by atoms with E-state index in [0.717, 1.165) is 0 Å². The molecule has 3 heteroatoms. The molecule has 1 aliphatic rings. The van der Waals surface area contributed by atoms with Crippen LogP contribution in [0.5, 0.6) is 0 Å². The molecule has 1 rings (SSSR count). The summed E-state index contributed by atoms with van der Waals surface area (Å²) in [5.74, 6) is 0.0243. The molecule has 0 amide bonds. The van der Waals surface area contributed by atoms with Crippen LogP contribution < -0.4 is 0 Å². The Kier molecular flexibility index (Phi) is 2.28. The number of rotatable bonds is 0. The minimum absolute atomic E-state index is 0.0243. The predicted octanol–water partition coefficient (Wildman–Crippen LogP) is -0.710. The van der Waals surface area contributed by atoms with Gasteiger partial charge in [0.2, 0.25) is 0 Å². The van der Waals surface area contributed by atoms with E-state index in [1.165, 1.54) is 0 Å². The van der Waals surface area contributed by atoms with Crippen molar-refractivity contribution in [2.75, 3.05) is 20.1 Å². The van der Waals surface area contributed by atoms with Crippen molar-refractivity contribution in [2.24, 2.45) is 5.92 Å². The Hall–Kier alpha value is -0.120. The molecule has 0 spiro atoms. The summed E-state index contributed by atoms with van der Waals surface area (Å²) in [5, 5.41) is 18.6. The minimum Gasteiger partial charge on any atom is -0.391 e. The standard InChI is InChI=1S/C7H15NO2/c1-5-6(9)3-8(2)4-7(5)10/h5-7,9-10H,3-4H2,1-2H3/t6-,7-/m0/s1. The van der Waals surface area contributed by atoms with E-state index < -0.39 is 0 Å². The number of aliphatic hydroxyl groups is 2. The minimum atomic E-state index is -0.367. The van der Waals surface area contributed by atoms with E-state index in [2.05, 4.69) is 0 Å². The molecule has 0 radical (unpaired) electrons. The van der Waals surface area contributed by atoms with Crippen LogP contribution in [0.1, 0.15) is 6.92 Å². The zero-order chi connectivity index (χ0) is 7.72. The van der Waals surface area contributed by atoms with Crippen molar-refractivity contribution in [3.8, 4) is 0 Å². The number of aliphatic hydroxyl groups excluding tert-OH is 2. The molecule has 0 aromatic heterocycles. The predicted molar refractivity (Wildman–Crippen MR) is 38.7 cm³/mol. The first kappa shape index (κ1) is 7.98. The Balaban J connectivity index is 2.49. The molecule has 1 aliphatic heterocycles. The van der Waals surface area contributed by atoms with Crippen molar-refractivity contribution in [3.63, 3.8) is 0 Å². The number of β-amino-alcohol motifs (C(OH)–C–C–N with tert-alkyl or cyclic N) is 2. The monoisotopic (exact) mass is 145 g/mol. The van der Waals surface area contributed by atoms with Gasteiger partial charge in [-0.2, -0.15) is 0 Å². The van der Waals surface area contributed by atoms with Crippen LogP contribution in [-0.2, 0) is 0 Å². The smallest absolute Gasteiger partial charge is 0.0717 e. The number of piperidine rings is 1. The summed E-state index contributed by atoms with van der Waals surface area (Å²) in [6, 6.07) is 0. The van der Waals surface area contributed by atoms with Crippen LogP contribution in [0.4, 0.5) is 0 Å². The third-order valence-electron chi connectivity index (χ3n) is 2.21. The Morgan fingerprint density at radius 3 is 2.00 bits per heavy atom. The van der Waals surface area contributed by atoms with Gasteiger partial charge < -0.3 is 15.1 Å². The third kappa shape index (κ3) is 1.48. The number of likely N-dealkylation sites (tertiary alicyclic amines) is 1. The van der Waals surface area contributed by atoms with Crippen LogP contribution in [-0.4, -0.2) is 47.5 Å². The first-order chi connectivity index (χ1) is 4.61. The first-order valence-corrected chi connectivity index (χ1v) is 3.66. The van der Waals surface area contributed by atoms with Gasteiger partial charge >= 0.3 is 0 Å². The highest BCUT2D eigenvalue weighted by molar-refractivity contribution is 4.81. The van der Waals surface area contributed by atoms with Crippen LogP contribution in [0.25, 0.3) is 0 Å². The molecule has 0 aromatic carbocycles. The summed E-state index contributed by atoms with van der Waals surface area (Å²) >= 11 is 0. The van der Waals surface area contributed by atoms with Crippen LogP contribution >= 0.6 is 0 Å². The molecule has 0 aliphatic carbocycles. The lowest BCUT2D eigenvalue weighted by atomic mass is 9.94. The summed E-state index contributed by atoms with van der Waals surface area (Å²) in [7, 11) is 1.90. The van der Waals surface area contributed by atoms with Gasteiger partial charge in [0.05, 0.1) is 12.2 Å². The van der Waals surface area contributed by atoms with E-state index in [1.54, 1.807) is 0 Å². The third-order valence-corrected chi connectivity index (χ3v) is 2.21. The van der Waals surface area contributed by atoms with Gasteiger partial charge in [-0.25, -0.2) is 0 Å². The molecule has 3 nitrogen and oxygen atoms in total. The number of likely N-dealkylation sites (N-methyl/N-ethyl adjacent to an activating group) is 1. The highest BCUT2D eigenvalue weighted by atomic mass is 16.3. The molecular formula is C7H15NO2. The van der Waals surface area contributed by atoms with E-state index in [0.29, 0.717) is 13.1 Å². The first-order valence-electron chi connectivity index (χ1n) is 3.66. The molecule has 0 saturated carbocycles. The maximum atomic E-state index is 9.32. The van der Waals surface area contributed by atoms with Crippen molar-refractivity contribution in [1.29, 1.82) is 0 Å². The van der Waals surface area contributed by atoms with E-state index in [-0.39, 0.29) is 18.1 Å². The van der Waals surface area contributed by atoms with Gasteiger partial charge in [-0.15, -0.1) is 0 Å². The van der Waals surface area contributed by atoms with Gasteiger partial charge in [0.15, 0.2) is 0 Å². The van der Waals surface area contributed by atoms with Crippen LogP contribution in [0.15, 0.2) is 0 Å². The maximum Gasteiger partial charge on any atom is 0.0717 e. The SMILES string of the molecule is CC1[C@@H](O)CN(C)C[C@@H]1O. The molecular weight excluding hydrogens is 130 g/mol. The van der Waals surface area contributed by atoms with Gasteiger partial charge in [0, 0.05) is 19.0 Å². The quantitative estimate of drug-likeness (QED) is 0.473. The molecule has 10 heavy (non-hydrogen) atoms. The molecule has 60 valence electrons. The fourth-order valence-electron chi connectivity index (χ4n) is 1.30. The molecule has 0 aromatic rings. The van der Waals surface area contributed by atoms with Gasteiger partial charge in [-0.3, -0.25) is 0 Å². The second-order valence-electron chi connectivity index (χ2n) is 3.22. The second kappa shape index (κ2) is 2.86. The Bertz CT molecular complexity index is 106. The molecule has 2 atom stereocenters. The van der Waals surface area contributed by atoms with E-state index >= 15 is 0 Å². The lowest BCUT2D eigenvalue weighted by molar-refractivity contribution is -0.0453. The van der Waals surface area contributed by atoms with Crippen molar-refractivity contribution in [1.82, 2.24) is 4.90 Å². The van der Waals surface area contributed by atoms with E-state index in [4.69, 9.17) is 0 Å². The van der Waals surface area contributed by atoms with Crippen molar-refractivity contribution >= 4 is 0 Å². The normalized spacial score (nSPS) is 38.4. The largest absolute Gasteiger partial charge is 0.391 e. The van der Waals surface area contributed by atoms with Gasteiger partial charge in [-0.05, 0) is 7.05 Å². The number of hydrogen-bond donors (Lipinski definition) is 2. The topological polar surface area (TPSA) is 43.7 Å². The van der Waals surface area contributed by atoms with Crippen LogP contribution in [0, 0.1) is 5.92 Å². The number of hydrogen-bond acceptors (Lipinski definition) is 3. The fourth-order valence-corrected chi connectivity index (χ4v) is 1.30. The summed E-state index contributed by atoms with van der Waals surface area (Å²) in [5.41, 5.74) is 0. The Labute approximate surface area is 61.3 Å². The van der Waals surface area contributed by atoms with E-state index in [1.807, 2.05) is 18.9 Å². The summed E-state index contributed by atoms with van der Waals surface area (Å²) in [4.78, 5) is 1.94. The van der Waals surface area contributed by atoms with Gasteiger partial charge in [0.1, 0.15) is 0 Å². The van der Waals surface area contributed by atoms with Crippen molar-refractivity contribution in [2.45, 2.75) is 19.1 Å². The summed E-state index contributed by atoms with van der Waals surface area (Å²) < 4.78 is 0. The number of nitrogens with zero attached hydrogens (tertiary/aromatic N) is 1. The lowest BCUT2D eigenvalue weighted by Gasteiger charge is -2.35. The van der Waals surface area contributed by atoms with Crippen molar-refractivity contribution < 1.29 is 10.2 Å². The average Bonchev–Trinajstić information content (AvgIpc) is 1.82. The van der Waals surface area contributed by atoms with Crippen LogP contribution in [0.2, 0.25) is 0 Å². The zero-order valence-electron chi connectivity index (χ0n) is 6.49. The highest BCUT2D eigenvalue weighted by Gasteiger charge is 2.29. The second-order valence-corrected chi connectivity index (χ2v) is 3.22. The lowest BCUT2D eigenvalue weighted by Crippen LogP contribution is -2.49. The van der Waals surface area contributed by atoms with Gasteiger partial charge in [-0.1, -0.05) is 6.92 Å². The Morgan fingerprint density at radius 1 is 1.20 bits per heavy atom. The molecule has 1 heterocycles. The maximum absolute atomic E-state index is 9.32. The molecule has 1 fully saturated rings. The Morgan fingerprint density at radius 2 is 1.60 bits per heavy atom. The molecule has 0 unspecified atom stereocenters. The van der Waals surface area contributed by atoms with Gasteiger partial charge in [0.25, 0.3) is 0 Å². The molecule has 1 saturated heterocycles. The molecule has 2 N–H and O–H groups in total. The van der Waals surface area contributed by atoms with E-state index in [9.17, 15) is 10.2 Å². The van der Waals surface area contributed by atoms with Crippen molar-refractivity contribution in [3.05, 3.63) is 0 Å². The van der Waals surface area contributed by atoms with Crippen LogP contribution in [0.3, 0.4) is 0 Å². The molecule has 0 bridgehead atoms. The average molecular weight is 145 g/mol. The highest BCUT2D eigenvalue weighted by Crippen LogP contribution is 2.15.